The van der Waals surface area contributed by atoms with E-state index < -0.39 is 0 Å². The van der Waals surface area contributed by atoms with E-state index in [1.807, 2.05) is 0 Å². The fourth-order valence-corrected chi connectivity index (χ4v) is 3.84. The second kappa shape index (κ2) is 9.69. The molecule has 166 valence electrons. The highest BCUT2D eigenvalue weighted by molar-refractivity contribution is 9.10. The lowest BCUT2D eigenvalue weighted by atomic mass is 10.2. The van der Waals surface area contributed by atoms with Crippen molar-refractivity contribution < 1.29 is 19.7 Å². The lowest BCUT2D eigenvalue weighted by Gasteiger charge is -2.26. The zero-order valence-electron chi connectivity index (χ0n) is 16.9. The lowest BCUT2D eigenvalue weighted by Crippen LogP contribution is -2.30. The van der Waals surface area contributed by atoms with Crippen LogP contribution in [0.4, 0.5) is 17.1 Å². The molecule has 1 aromatic heterocycles. The van der Waals surface area contributed by atoms with E-state index in [0.717, 1.165) is 0 Å². The maximum absolute atomic E-state index is 11.9. The summed E-state index contributed by atoms with van der Waals surface area (Å²) >= 11 is 9.72. The topological polar surface area (TPSA) is 139 Å². The third-order valence-corrected chi connectivity index (χ3v) is 5.49. The van der Waals surface area contributed by atoms with Crippen molar-refractivity contribution in [2.24, 2.45) is 0 Å². The first kappa shape index (κ1) is 23.1. The monoisotopic (exact) mass is 512 g/mol. The number of aliphatic hydroxyl groups excluding tert-OH is 2. The first-order valence-electron chi connectivity index (χ1n) is 9.27. The number of rotatable bonds is 8. The summed E-state index contributed by atoms with van der Waals surface area (Å²) in [6.45, 7) is 1.66. The van der Waals surface area contributed by atoms with Crippen molar-refractivity contribution in [1.29, 1.82) is 0 Å². The van der Waals surface area contributed by atoms with Crippen LogP contribution in [0.2, 0.25) is 5.02 Å². The van der Waals surface area contributed by atoms with Gasteiger partial charge in [0.1, 0.15) is 22.5 Å². The van der Waals surface area contributed by atoms with E-state index >= 15 is 0 Å². The van der Waals surface area contributed by atoms with E-state index in [4.69, 9.17) is 22.1 Å². The molecule has 10 nitrogen and oxygen atoms in total. The zero-order chi connectivity index (χ0) is 22.7. The van der Waals surface area contributed by atoms with Crippen molar-refractivity contribution in [1.82, 2.24) is 15.0 Å². The number of methoxy groups -OCH3 is 1. The Morgan fingerprint density at radius 3 is 2.48 bits per heavy atom. The molecule has 0 fully saturated rings. The molecule has 0 saturated heterocycles. The van der Waals surface area contributed by atoms with Crippen LogP contribution in [0, 0.1) is 0 Å². The SMILES string of the molecule is COc1cc(-n2nc3c(Br)cc(N)c(Cl)c3n2)c(NC(C)=O)cc1N(CCO)CCO. The summed E-state index contributed by atoms with van der Waals surface area (Å²) in [5.74, 6) is 0.144. The zero-order valence-corrected chi connectivity index (χ0v) is 19.2. The Hall–Kier alpha value is -2.60. The minimum absolute atomic E-state index is 0.125. The van der Waals surface area contributed by atoms with Crippen LogP contribution in [0.1, 0.15) is 6.92 Å². The first-order valence-corrected chi connectivity index (χ1v) is 10.4. The van der Waals surface area contributed by atoms with E-state index in [1.54, 1.807) is 23.1 Å². The second-order valence-corrected chi connectivity index (χ2v) is 7.84. The van der Waals surface area contributed by atoms with Crippen LogP contribution in [0.3, 0.4) is 0 Å². The Kier molecular flexibility index (Phi) is 7.21. The number of nitrogens with two attached hydrogens (primary N) is 1. The van der Waals surface area contributed by atoms with Gasteiger partial charge >= 0.3 is 0 Å². The van der Waals surface area contributed by atoms with E-state index in [1.165, 1.54) is 18.8 Å². The van der Waals surface area contributed by atoms with Gasteiger partial charge in [0.15, 0.2) is 0 Å². The molecule has 1 amide bonds. The number of hydrogen-bond donors (Lipinski definition) is 4. The summed E-state index contributed by atoms with van der Waals surface area (Å²) in [6, 6.07) is 4.98. The molecule has 0 aliphatic carbocycles. The van der Waals surface area contributed by atoms with E-state index in [-0.39, 0.29) is 37.2 Å². The number of ether oxygens (including phenoxy) is 1. The van der Waals surface area contributed by atoms with Gasteiger partial charge in [-0.05, 0) is 28.1 Å². The van der Waals surface area contributed by atoms with Crippen LogP contribution in [-0.2, 0) is 4.79 Å². The van der Waals surface area contributed by atoms with Crippen LogP contribution in [0.15, 0.2) is 22.7 Å². The molecule has 0 atom stereocenters. The predicted molar refractivity (Wildman–Crippen MR) is 123 cm³/mol. The molecule has 3 aromatic rings. The molecule has 0 aliphatic rings. The van der Waals surface area contributed by atoms with Crippen molar-refractivity contribution in [3.05, 3.63) is 27.7 Å². The molecule has 0 radical (unpaired) electrons. The smallest absolute Gasteiger partial charge is 0.221 e. The Morgan fingerprint density at radius 1 is 1.26 bits per heavy atom. The van der Waals surface area contributed by atoms with Gasteiger partial charge in [0.25, 0.3) is 0 Å². The van der Waals surface area contributed by atoms with E-state index in [0.29, 0.717) is 44.0 Å². The molecule has 5 N–H and O–H groups in total. The molecule has 2 aromatic carbocycles. The van der Waals surface area contributed by atoms with E-state index in [9.17, 15) is 15.0 Å². The quantitative estimate of drug-likeness (QED) is 0.336. The van der Waals surface area contributed by atoms with Gasteiger partial charge in [-0.15, -0.1) is 15.0 Å². The number of carbonyl (C=O) groups is 1. The number of nitrogens with zero attached hydrogens (tertiary/aromatic N) is 4. The van der Waals surface area contributed by atoms with Gasteiger partial charge < -0.3 is 30.9 Å². The Bertz CT molecular complexity index is 1120. The molecule has 0 unspecified atom stereocenters. The van der Waals surface area contributed by atoms with Gasteiger partial charge in [0, 0.05) is 30.6 Å². The third kappa shape index (κ3) is 4.69. The lowest BCUT2D eigenvalue weighted by molar-refractivity contribution is -0.114. The third-order valence-electron chi connectivity index (χ3n) is 4.49. The van der Waals surface area contributed by atoms with Crippen molar-refractivity contribution in [3.63, 3.8) is 0 Å². The van der Waals surface area contributed by atoms with Crippen molar-refractivity contribution in [2.75, 3.05) is 49.4 Å². The number of benzene rings is 2. The summed E-state index contributed by atoms with van der Waals surface area (Å²) in [4.78, 5) is 15.0. The Labute approximate surface area is 191 Å². The maximum Gasteiger partial charge on any atom is 0.221 e. The highest BCUT2D eigenvalue weighted by Gasteiger charge is 2.21. The number of aliphatic hydroxyl groups is 2. The Morgan fingerprint density at radius 2 is 1.90 bits per heavy atom. The molecule has 1 heterocycles. The van der Waals surface area contributed by atoms with Crippen molar-refractivity contribution in [2.45, 2.75) is 6.92 Å². The fraction of sp³-hybridized carbons (Fsp3) is 0.316. The number of fused-ring (bicyclic) bond motifs is 1. The number of anilines is 3. The molecule has 3 rings (SSSR count). The van der Waals surface area contributed by atoms with Crippen LogP contribution in [-0.4, -0.2) is 64.5 Å². The van der Waals surface area contributed by atoms with Gasteiger partial charge in [0.2, 0.25) is 5.91 Å². The van der Waals surface area contributed by atoms with Gasteiger partial charge in [-0.2, -0.15) is 0 Å². The normalized spacial score (nSPS) is 11.0. The van der Waals surface area contributed by atoms with Crippen LogP contribution >= 0.6 is 27.5 Å². The molecule has 0 saturated carbocycles. The van der Waals surface area contributed by atoms with Gasteiger partial charge in [-0.1, -0.05) is 11.6 Å². The molecular formula is C19H22BrClN6O4. The summed E-state index contributed by atoms with van der Waals surface area (Å²) in [5, 5.41) is 30.8. The molecular weight excluding hydrogens is 492 g/mol. The maximum atomic E-state index is 11.9. The Balaban J connectivity index is 2.24. The average molecular weight is 514 g/mol. The van der Waals surface area contributed by atoms with Gasteiger partial charge in [0.05, 0.1) is 42.4 Å². The summed E-state index contributed by atoms with van der Waals surface area (Å²) in [6.07, 6.45) is 0. The number of nitrogens with one attached hydrogen (secondary N) is 1. The average Bonchev–Trinajstić information content (AvgIpc) is 3.17. The molecule has 0 aliphatic heterocycles. The predicted octanol–water partition coefficient (Wildman–Crippen LogP) is 2.18. The number of carbonyl (C=O) groups excluding carboxylic acids is 1. The highest BCUT2D eigenvalue weighted by atomic mass is 79.9. The summed E-state index contributed by atoms with van der Waals surface area (Å²) in [5.41, 5.74) is 8.59. The molecule has 12 heteroatoms. The van der Waals surface area contributed by atoms with Crippen LogP contribution in [0.5, 0.6) is 5.75 Å². The summed E-state index contributed by atoms with van der Waals surface area (Å²) < 4.78 is 6.16. The number of nitrogen functional groups attached to an aromatic ring is 1. The number of aromatic nitrogens is 3. The largest absolute Gasteiger partial charge is 0.494 e. The van der Waals surface area contributed by atoms with Crippen LogP contribution in [0.25, 0.3) is 16.7 Å². The molecule has 31 heavy (non-hydrogen) atoms. The van der Waals surface area contributed by atoms with Crippen molar-refractivity contribution >= 4 is 61.5 Å². The molecule has 0 spiro atoms. The van der Waals surface area contributed by atoms with E-state index in [2.05, 4.69) is 31.4 Å². The minimum atomic E-state index is -0.298. The van der Waals surface area contributed by atoms with Gasteiger partial charge in [-0.25, -0.2) is 0 Å². The standard InChI is InChI=1S/C19H22BrClN6O4/c1-10(30)23-13-8-15(26(3-5-28)4-6-29)16(31-2)9-14(13)27-24-18-11(20)7-12(22)17(21)19(18)25-27/h7-9,28-29H,3-6,22H2,1-2H3,(H,23,30). The van der Waals surface area contributed by atoms with Crippen molar-refractivity contribution in [3.8, 4) is 11.4 Å². The first-order chi connectivity index (χ1) is 14.8. The molecule has 0 bridgehead atoms. The summed E-state index contributed by atoms with van der Waals surface area (Å²) in [7, 11) is 1.50. The van der Waals surface area contributed by atoms with Crippen LogP contribution < -0.4 is 20.7 Å². The highest BCUT2D eigenvalue weighted by Crippen LogP contribution is 2.38. The number of halogens is 2. The minimum Gasteiger partial charge on any atom is -0.494 e. The number of hydrogen-bond acceptors (Lipinski definition) is 8. The number of amides is 1. The second-order valence-electron chi connectivity index (χ2n) is 6.60. The fourth-order valence-electron chi connectivity index (χ4n) is 3.15. The van der Waals surface area contributed by atoms with Gasteiger partial charge in [-0.3, -0.25) is 4.79 Å².